The van der Waals surface area contributed by atoms with Crippen molar-refractivity contribution >= 4 is 39.2 Å². The predicted octanol–water partition coefficient (Wildman–Crippen LogP) is 6.61. The topological polar surface area (TPSA) is 38.7 Å². The summed E-state index contributed by atoms with van der Waals surface area (Å²) in [4.78, 5) is 17.5. The van der Waals surface area contributed by atoms with Crippen molar-refractivity contribution in [1.82, 2.24) is 0 Å². The molecule has 1 aliphatic rings. The molecule has 0 unspecified atom stereocenters. The van der Waals surface area contributed by atoms with E-state index in [1.165, 1.54) is 29.8 Å². The van der Waals surface area contributed by atoms with Crippen LogP contribution >= 0.6 is 27.5 Å². The summed E-state index contributed by atoms with van der Waals surface area (Å²) in [5.74, 6) is -0.606. The third-order valence-corrected chi connectivity index (χ3v) is 5.67. The van der Waals surface area contributed by atoms with Crippen LogP contribution in [0.1, 0.15) is 33.8 Å². The smallest absolute Gasteiger partial charge is 0.313 e. The Balaban J connectivity index is 1.58. The number of benzene rings is 3. The zero-order valence-corrected chi connectivity index (χ0v) is 17.5. The van der Waals surface area contributed by atoms with E-state index >= 15 is 0 Å². The average Bonchev–Trinajstić information content (AvgIpc) is 3.51. The first kappa shape index (κ1) is 19.8. The summed E-state index contributed by atoms with van der Waals surface area (Å²) in [6.07, 6.45) is 0.907. The summed E-state index contributed by atoms with van der Waals surface area (Å²) in [5.41, 5.74) is 3.03. The van der Waals surface area contributed by atoms with Crippen molar-refractivity contribution in [1.29, 1.82) is 0 Å². The van der Waals surface area contributed by atoms with Crippen LogP contribution in [0.3, 0.4) is 0 Å². The van der Waals surface area contributed by atoms with Gasteiger partial charge in [0.15, 0.2) is 0 Å². The predicted molar refractivity (Wildman–Crippen MR) is 115 cm³/mol. The Morgan fingerprint density at radius 3 is 2.24 bits per heavy atom. The Hall–Kier alpha value is -2.50. The number of carbonyl (C=O) groups is 1. The molecule has 1 saturated carbocycles. The number of halogens is 3. The summed E-state index contributed by atoms with van der Waals surface area (Å²) < 4.78 is 14.0. The van der Waals surface area contributed by atoms with Crippen LogP contribution < -0.4 is 0 Å². The van der Waals surface area contributed by atoms with Gasteiger partial charge in [-0.15, -0.1) is 0 Å². The van der Waals surface area contributed by atoms with Crippen molar-refractivity contribution in [3.05, 3.63) is 105 Å². The summed E-state index contributed by atoms with van der Waals surface area (Å²) in [6.45, 7) is 0. The monoisotopic (exact) mass is 471 g/mol. The Morgan fingerprint density at radius 1 is 0.966 bits per heavy atom. The van der Waals surface area contributed by atoms with Gasteiger partial charge in [-0.2, -0.15) is 0 Å². The fraction of sp³-hybridized carbons (Fsp3) is 0.130. The zero-order chi connectivity index (χ0) is 20.4. The fourth-order valence-electron chi connectivity index (χ4n) is 3.26. The van der Waals surface area contributed by atoms with E-state index in [2.05, 4.69) is 21.1 Å². The SMILES string of the molecule is O=C(O/N=C(/c1ccc(Br)cc1)[C@H]1C[C@H]1c1ccc(Cl)cc1)c1ccc(F)cc1. The molecule has 29 heavy (non-hydrogen) atoms. The Labute approximate surface area is 181 Å². The van der Waals surface area contributed by atoms with Gasteiger partial charge in [-0.05, 0) is 72.0 Å². The Morgan fingerprint density at radius 2 is 1.59 bits per heavy atom. The molecular formula is C23H16BrClFNO2. The van der Waals surface area contributed by atoms with Gasteiger partial charge in [0.1, 0.15) is 5.82 Å². The molecule has 1 aliphatic carbocycles. The quantitative estimate of drug-likeness (QED) is 0.238. The Kier molecular flexibility index (Phi) is 5.79. The first-order chi connectivity index (χ1) is 14.0. The van der Waals surface area contributed by atoms with Gasteiger partial charge in [-0.1, -0.05) is 57.0 Å². The van der Waals surface area contributed by atoms with Crippen LogP contribution in [-0.2, 0) is 4.84 Å². The molecule has 3 aromatic carbocycles. The molecule has 0 amide bonds. The van der Waals surface area contributed by atoms with Gasteiger partial charge >= 0.3 is 5.97 Å². The van der Waals surface area contributed by atoms with E-state index < -0.39 is 11.8 Å². The number of rotatable bonds is 5. The lowest BCUT2D eigenvalue weighted by molar-refractivity contribution is 0.0515. The molecule has 0 N–H and O–H groups in total. The lowest BCUT2D eigenvalue weighted by Gasteiger charge is -2.07. The van der Waals surface area contributed by atoms with Crippen LogP contribution in [0.15, 0.2) is 82.4 Å². The third kappa shape index (κ3) is 4.74. The van der Waals surface area contributed by atoms with Crippen LogP contribution in [0.4, 0.5) is 4.39 Å². The molecule has 2 atom stereocenters. The van der Waals surface area contributed by atoms with Gasteiger partial charge in [0.2, 0.25) is 0 Å². The first-order valence-electron chi connectivity index (χ1n) is 9.07. The average molecular weight is 473 g/mol. The third-order valence-electron chi connectivity index (χ3n) is 4.89. The van der Waals surface area contributed by atoms with E-state index in [1.54, 1.807) is 0 Å². The Bertz CT molecular complexity index is 1050. The standard InChI is InChI=1S/C23H16BrClFNO2/c24-17-7-1-15(2-8-17)22(21-13-20(21)14-3-9-18(25)10-4-14)27-29-23(28)16-5-11-19(26)12-6-16/h1-12,20-21H,13H2/b27-22-/t20-,21-/m0/s1. The van der Waals surface area contributed by atoms with E-state index in [9.17, 15) is 9.18 Å². The second-order valence-electron chi connectivity index (χ2n) is 6.87. The highest BCUT2D eigenvalue weighted by molar-refractivity contribution is 9.10. The first-order valence-corrected chi connectivity index (χ1v) is 10.2. The maximum Gasteiger partial charge on any atom is 0.365 e. The lowest BCUT2D eigenvalue weighted by atomic mass is 10.0. The van der Waals surface area contributed by atoms with Gasteiger partial charge in [0, 0.05) is 15.4 Å². The van der Waals surface area contributed by atoms with Crippen molar-refractivity contribution in [3.8, 4) is 0 Å². The molecule has 146 valence electrons. The molecule has 4 rings (SSSR count). The van der Waals surface area contributed by atoms with Crippen molar-refractivity contribution in [2.75, 3.05) is 0 Å². The minimum Gasteiger partial charge on any atom is -0.313 e. The van der Waals surface area contributed by atoms with Crippen LogP contribution in [0.5, 0.6) is 0 Å². The van der Waals surface area contributed by atoms with Gasteiger partial charge in [-0.3, -0.25) is 0 Å². The fourth-order valence-corrected chi connectivity index (χ4v) is 3.65. The van der Waals surface area contributed by atoms with E-state index in [0.717, 1.165) is 16.5 Å². The second-order valence-corrected chi connectivity index (χ2v) is 8.22. The number of hydrogen-bond donors (Lipinski definition) is 0. The maximum atomic E-state index is 13.1. The molecule has 6 heteroatoms. The van der Waals surface area contributed by atoms with Gasteiger partial charge in [0.05, 0.1) is 11.3 Å². The molecule has 0 heterocycles. The molecule has 0 aromatic heterocycles. The molecular weight excluding hydrogens is 457 g/mol. The van der Waals surface area contributed by atoms with Gasteiger partial charge in [-0.25, -0.2) is 9.18 Å². The van der Waals surface area contributed by atoms with E-state index in [1.807, 2.05) is 48.5 Å². The number of carbonyl (C=O) groups excluding carboxylic acids is 1. The van der Waals surface area contributed by atoms with Crippen LogP contribution in [0, 0.1) is 11.7 Å². The molecule has 0 radical (unpaired) electrons. The van der Waals surface area contributed by atoms with E-state index in [0.29, 0.717) is 16.7 Å². The van der Waals surface area contributed by atoms with Crippen molar-refractivity contribution < 1.29 is 14.0 Å². The molecule has 0 aliphatic heterocycles. The van der Waals surface area contributed by atoms with Crippen LogP contribution in [0.2, 0.25) is 5.02 Å². The molecule has 1 fully saturated rings. The molecule has 3 aromatic rings. The molecule has 0 spiro atoms. The number of oxime groups is 1. The van der Waals surface area contributed by atoms with Crippen molar-refractivity contribution in [2.45, 2.75) is 12.3 Å². The molecule has 3 nitrogen and oxygen atoms in total. The summed E-state index contributed by atoms with van der Waals surface area (Å²) in [7, 11) is 0. The van der Waals surface area contributed by atoms with Gasteiger partial charge < -0.3 is 4.84 Å². The number of nitrogens with zero attached hydrogens (tertiary/aromatic N) is 1. The summed E-state index contributed by atoms with van der Waals surface area (Å²) >= 11 is 9.42. The van der Waals surface area contributed by atoms with E-state index in [-0.39, 0.29) is 11.5 Å². The molecule has 0 bridgehead atoms. The summed E-state index contributed by atoms with van der Waals surface area (Å²) in [6, 6.07) is 20.7. The minimum atomic E-state index is -0.622. The van der Waals surface area contributed by atoms with Gasteiger partial charge in [0.25, 0.3) is 0 Å². The summed E-state index contributed by atoms with van der Waals surface area (Å²) in [5, 5.41) is 4.91. The minimum absolute atomic E-state index is 0.137. The molecule has 0 saturated heterocycles. The highest BCUT2D eigenvalue weighted by Crippen LogP contribution is 2.49. The second kappa shape index (κ2) is 8.47. The number of hydrogen-bond acceptors (Lipinski definition) is 3. The van der Waals surface area contributed by atoms with Crippen molar-refractivity contribution in [2.24, 2.45) is 11.1 Å². The van der Waals surface area contributed by atoms with Crippen molar-refractivity contribution in [3.63, 3.8) is 0 Å². The van der Waals surface area contributed by atoms with E-state index in [4.69, 9.17) is 16.4 Å². The van der Waals surface area contributed by atoms with Crippen LogP contribution in [-0.4, -0.2) is 11.7 Å². The normalized spacial score (nSPS) is 18.4. The zero-order valence-electron chi connectivity index (χ0n) is 15.2. The highest BCUT2D eigenvalue weighted by Gasteiger charge is 2.43. The largest absolute Gasteiger partial charge is 0.365 e. The van der Waals surface area contributed by atoms with Crippen LogP contribution in [0.25, 0.3) is 0 Å². The lowest BCUT2D eigenvalue weighted by Crippen LogP contribution is -2.09. The highest BCUT2D eigenvalue weighted by atomic mass is 79.9. The maximum absolute atomic E-state index is 13.1.